The second kappa shape index (κ2) is 13.8. The molecule has 3 heteroatoms. The number of fused-ring (bicyclic) bond motifs is 3. The van der Waals surface area contributed by atoms with Gasteiger partial charge < -0.3 is 24.8 Å². The van der Waals surface area contributed by atoms with Crippen LogP contribution in [0.25, 0.3) is 33.4 Å². The van der Waals surface area contributed by atoms with Gasteiger partial charge in [-0.2, -0.15) is 18.2 Å². The zero-order valence-electron chi connectivity index (χ0n) is 19.9. The minimum absolute atomic E-state index is 0. The van der Waals surface area contributed by atoms with Gasteiger partial charge in [0.05, 0.1) is 0 Å². The first kappa shape index (κ1) is 28.1. The van der Waals surface area contributed by atoms with Crippen molar-refractivity contribution in [1.82, 2.24) is 0 Å². The van der Waals surface area contributed by atoms with E-state index in [2.05, 4.69) is 97.1 Å². The van der Waals surface area contributed by atoms with Gasteiger partial charge in [-0.3, -0.25) is 0 Å². The van der Waals surface area contributed by atoms with Crippen molar-refractivity contribution in [2.24, 2.45) is 0 Å². The predicted octanol–water partition coefficient (Wildman–Crippen LogP) is 2.30. The van der Waals surface area contributed by atoms with Crippen LogP contribution in [0.2, 0.25) is 0 Å². The smallest absolute Gasteiger partial charge is 0.0181 e. The molecule has 1 saturated carbocycles. The molecule has 0 aliphatic heterocycles. The first-order chi connectivity index (χ1) is 16.8. The molecule has 5 aromatic rings. The monoisotopic (exact) mass is 582 g/mol. The summed E-state index contributed by atoms with van der Waals surface area (Å²) in [7, 11) is 0. The predicted molar refractivity (Wildman–Crippen MR) is 141 cm³/mol. The Hall–Kier alpha value is -2.44. The van der Waals surface area contributed by atoms with Crippen LogP contribution in [0, 0.1) is 6.07 Å². The van der Waals surface area contributed by atoms with Crippen LogP contribution in [0.5, 0.6) is 0 Å². The molecular weight excluding hydrogens is 558 g/mol. The van der Waals surface area contributed by atoms with Gasteiger partial charge in [0.2, 0.25) is 0 Å². The summed E-state index contributed by atoms with van der Waals surface area (Å²) >= 11 is 1.66. The molecule has 0 aromatic heterocycles. The van der Waals surface area contributed by atoms with Crippen LogP contribution in [0.15, 0.2) is 121 Å². The Bertz CT molecular complexity index is 1260. The molecule has 0 spiro atoms. The van der Waals surface area contributed by atoms with Gasteiger partial charge in [-0.1, -0.05) is 95.6 Å². The SMILES string of the molecule is [Cl-].[Cl-].[Zr+2]=[C]1CC1.[c-]1c(-c2ccccc2)ccc2c1Cc1cc(-c3ccccc3)ccc1-2.c1cc[cH-]c1. The summed E-state index contributed by atoms with van der Waals surface area (Å²) in [5.74, 6) is 0. The summed E-state index contributed by atoms with van der Waals surface area (Å²) in [5, 5.41) is 0. The molecule has 0 nitrogen and oxygen atoms in total. The largest absolute Gasteiger partial charge is 0.214 e. The standard InChI is InChI=1S/C25H17.C5H5.C3H4.2ClH.Zr/c1-3-7-18(8-4-1)20-11-13-24-22(15-20)17-23-16-21(12-14-25(23)24)19-9-5-2-6-10-19;1-2-4-5-3-1;1-2-3-1;;;/h1-15H,17H2;1-5H;1-2H2;2*1H;/q2*-1;;;;+2/p-2. The molecule has 0 N–H and O–H groups in total. The number of halogens is 2. The van der Waals surface area contributed by atoms with E-state index in [1.54, 1.807) is 27.4 Å². The van der Waals surface area contributed by atoms with Gasteiger partial charge in [0.25, 0.3) is 0 Å². The van der Waals surface area contributed by atoms with E-state index in [0.717, 1.165) is 6.42 Å². The molecule has 36 heavy (non-hydrogen) atoms. The molecule has 1 fully saturated rings. The Balaban J connectivity index is 0.000000278. The van der Waals surface area contributed by atoms with Crippen molar-refractivity contribution in [2.75, 3.05) is 0 Å². The molecule has 0 atom stereocenters. The van der Waals surface area contributed by atoms with Crippen molar-refractivity contribution >= 4 is 3.21 Å². The van der Waals surface area contributed by atoms with Crippen LogP contribution in [0.1, 0.15) is 24.0 Å². The summed E-state index contributed by atoms with van der Waals surface area (Å²) in [5.41, 5.74) is 10.4. The van der Waals surface area contributed by atoms with E-state index in [4.69, 9.17) is 0 Å². The second-order valence-corrected chi connectivity index (χ2v) is 10.3. The first-order valence-electron chi connectivity index (χ1n) is 11.8. The number of benzene rings is 4. The van der Waals surface area contributed by atoms with Gasteiger partial charge >= 0.3 is 40.3 Å². The summed E-state index contributed by atoms with van der Waals surface area (Å²) in [6, 6.07) is 46.0. The molecule has 178 valence electrons. The number of hydrogen-bond acceptors (Lipinski definition) is 0. The van der Waals surface area contributed by atoms with E-state index in [1.165, 1.54) is 57.3 Å². The van der Waals surface area contributed by atoms with Crippen molar-refractivity contribution in [2.45, 2.75) is 19.3 Å². The molecular formula is C33H26Cl2Zr-2. The van der Waals surface area contributed by atoms with Crippen LogP contribution < -0.4 is 24.8 Å². The zero-order valence-corrected chi connectivity index (χ0v) is 23.9. The molecule has 5 aromatic carbocycles. The average Bonchev–Trinajstić information content (AvgIpc) is 3.34. The maximum Gasteiger partial charge on any atom is -0.0181 e. The topological polar surface area (TPSA) is 0 Å². The van der Waals surface area contributed by atoms with E-state index >= 15 is 0 Å². The fraction of sp³-hybridized carbons (Fsp3) is 0.0909. The normalized spacial score (nSPS) is 11.8. The Morgan fingerprint density at radius 1 is 0.611 bits per heavy atom. The Morgan fingerprint density at radius 3 is 1.75 bits per heavy atom. The zero-order chi connectivity index (χ0) is 23.2. The third-order valence-corrected chi connectivity index (χ3v) is 7.27. The minimum atomic E-state index is 0. The number of hydrogen-bond donors (Lipinski definition) is 0. The van der Waals surface area contributed by atoms with Gasteiger partial charge in [-0.05, 0) is 23.1 Å². The van der Waals surface area contributed by atoms with Gasteiger partial charge in [-0.25, -0.2) is 12.1 Å². The fourth-order valence-corrected chi connectivity index (χ4v) is 4.41. The minimum Gasteiger partial charge on any atom is -0.214 e. The summed E-state index contributed by atoms with van der Waals surface area (Å²) in [6.07, 6.45) is 3.85. The van der Waals surface area contributed by atoms with E-state index in [0.29, 0.717) is 0 Å². The maximum atomic E-state index is 3.65. The summed E-state index contributed by atoms with van der Waals surface area (Å²) in [4.78, 5) is 0. The quantitative estimate of drug-likeness (QED) is 0.274. The molecule has 2 aliphatic carbocycles. The van der Waals surface area contributed by atoms with Crippen molar-refractivity contribution in [3.8, 4) is 33.4 Å². The second-order valence-electron chi connectivity index (χ2n) is 8.61. The number of rotatable bonds is 2. The van der Waals surface area contributed by atoms with Crippen LogP contribution in [0.4, 0.5) is 0 Å². The molecule has 2 aliphatic rings. The van der Waals surface area contributed by atoms with E-state index in [1.807, 2.05) is 30.3 Å². The van der Waals surface area contributed by atoms with Gasteiger partial charge in [0.15, 0.2) is 0 Å². The van der Waals surface area contributed by atoms with E-state index in [9.17, 15) is 0 Å². The van der Waals surface area contributed by atoms with E-state index in [-0.39, 0.29) is 24.8 Å². The Labute approximate surface area is 241 Å². The van der Waals surface area contributed by atoms with Crippen LogP contribution in [0.3, 0.4) is 0 Å². The maximum absolute atomic E-state index is 3.65. The molecule has 7 rings (SSSR count). The average molecular weight is 585 g/mol. The summed E-state index contributed by atoms with van der Waals surface area (Å²) in [6.45, 7) is 0. The van der Waals surface area contributed by atoms with Gasteiger partial charge in [0, 0.05) is 0 Å². The van der Waals surface area contributed by atoms with E-state index < -0.39 is 0 Å². The molecule has 0 heterocycles. The third kappa shape index (κ3) is 7.30. The third-order valence-electron chi connectivity index (χ3n) is 6.04. The van der Waals surface area contributed by atoms with Crippen molar-refractivity contribution in [3.05, 3.63) is 139 Å². The fourth-order valence-electron chi connectivity index (χ4n) is 4.10. The molecule has 0 radical (unpaired) electrons. The van der Waals surface area contributed by atoms with Crippen molar-refractivity contribution in [1.29, 1.82) is 0 Å². The van der Waals surface area contributed by atoms with Crippen molar-refractivity contribution < 1.29 is 49.0 Å². The molecule has 0 amide bonds. The Kier molecular flexibility index (Phi) is 10.8. The Morgan fingerprint density at radius 2 is 1.19 bits per heavy atom. The first-order valence-corrected chi connectivity index (χ1v) is 13.0. The van der Waals surface area contributed by atoms with Crippen LogP contribution >= 0.6 is 0 Å². The van der Waals surface area contributed by atoms with Crippen LogP contribution in [-0.2, 0) is 30.7 Å². The van der Waals surface area contributed by atoms with Crippen molar-refractivity contribution in [3.63, 3.8) is 0 Å². The summed E-state index contributed by atoms with van der Waals surface area (Å²) < 4.78 is 1.76. The molecule has 0 saturated heterocycles. The van der Waals surface area contributed by atoms with Gasteiger partial charge in [0.1, 0.15) is 0 Å². The van der Waals surface area contributed by atoms with Gasteiger partial charge in [-0.15, -0.1) is 29.3 Å². The molecule has 0 unspecified atom stereocenters. The molecule has 0 bridgehead atoms. The van der Waals surface area contributed by atoms with Crippen LogP contribution in [-0.4, -0.2) is 3.21 Å².